The van der Waals surface area contributed by atoms with Crippen LogP contribution in [0.5, 0.6) is 11.6 Å². The highest BCUT2D eigenvalue weighted by molar-refractivity contribution is 5.80. The van der Waals surface area contributed by atoms with Gasteiger partial charge >= 0.3 is 0 Å². The van der Waals surface area contributed by atoms with E-state index in [9.17, 15) is 0 Å². The molecule has 0 aliphatic heterocycles. The molecule has 3 rings (SSSR count). The number of nitrogens with two attached hydrogens (primary N) is 1. The first-order chi connectivity index (χ1) is 10.3. The molecule has 0 unspecified atom stereocenters. The van der Waals surface area contributed by atoms with Crippen molar-refractivity contribution in [2.24, 2.45) is 0 Å². The van der Waals surface area contributed by atoms with Gasteiger partial charge in [-0.2, -0.15) is 15.1 Å². The number of hydrogen-bond acceptors (Lipinski definition) is 6. The summed E-state index contributed by atoms with van der Waals surface area (Å²) >= 11 is 0. The molecule has 0 bridgehead atoms. The van der Waals surface area contributed by atoms with Crippen molar-refractivity contribution < 1.29 is 9.47 Å². The van der Waals surface area contributed by atoms with Gasteiger partial charge in [0.1, 0.15) is 11.1 Å². The van der Waals surface area contributed by atoms with Gasteiger partial charge in [0.15, 0.2) is 5.65 Å². The minimum Gasteiger partial charge on any atom is -0.438 e. The van der Waals surface area contributed by atoms with E-state index >= 15 is 0 Å². The van der Waals surface area contributed by atoms with Crippen LogP contribution in [0.3, 0.4) is 0 Å². The largest absolute Gasteiger partial charge is 0.438 e. The van der Waals surface area contributed by atoms with E-state index in [0.717, 1.165) is 6.42 Å². The maximum Gasteiger partial charge on any atom is 0.235 e. The van der Waals surface area contributed by atoms with E-state index in [2.05, 4.69) is 20.2 Å². The Balaban J connectivity index is 1.83. The van der Waals surface area contributed by atoms with Crippen LogP contribution < -0.4 is 10.5 Å². The standard InChI is InChI=1S/C14H15N5O2/c1-20-7-6-9-2-4-10(5-3-9)21-13-11-8-16-19-12(11)17-14(15)18-13/h2-5,8H,6-7H2,1H3,(H3,15,16,17,18,19). The molecule has 0 aliphatic rings. The third-order valence-corrected chi connectivity index (χ3v) is 3.02. The van der Waals surface area contributed by atoms with Crippen molar-refractivity contribution >= 4 is 17.0 Å². The number of aromatic amines is 1. The lowest BCUT2D eigenvalue weighted by atomic mass is 10.1. The van der Waals surface area contributed by atoms with E-state index in [1.807, 2.05) is 24.3 Å². The van der Waals surface area contributed by atoms with E-state index < -0.39 is 0 Å². The van der Waals surface area contributed by atoms with Gasteiger partial charge in [-0.3, -0.25) is 5.10 Å². The summed E-state index contributed by atoms with van der Waals surface area (Å²) in [6.45, 7) is 0.693. The predicted molar refractivity (Wildman–Crippen MR) is 78.2 cm³/mol. The maximum atomic E-state index is 5.77. The summed E-state index contributed by atoms with van der Waals surface area (Å²) in [7, 11) is 1.69. The van der Waals surface area contributed by atoms with Gasteiger partial charge in [0.2, 0.25) is 11.8 Å². The van der Waals surface area contributed by atoms with Gasteiger partial charge < -0.3 is 15.2 Å². The number of H-pyrrole nitrogens is 1. The van der Waals surface area contributed by atoms with Crippen molar-refractivity contribution in [2.45, 2.75) is 6.42 Å². The molecule has 21 heavy (non-hydrogen) atoms. The van der Waals surface area contributed by atoms with Crippen LogP contribution in [-0.4, -0.2) is 33.9 Å². The van der Waals surface area contributed by atoms with Crippen LogP contribution in [0.15, 0.2) is 30.5 Å². The van der Waals surface area contributed by atoms with E-state index in [1.165, 1.54) is 5.56 Å². The molecule has 1 aromatic carbocycles. The number of aromatic nitrogens is 4. The van der Waals surface area contributed by atoms with Crippen molar-refractivity contribution in [3.8, 4) is 11.6 Å². The molecule has 3 N–H and O–H groups in total. The van der Waals surface area contributed by atoms with Gasteiger partial charge in [0, 0.05) is 7.11 Å². The highest BCUT2D eigenvalue weighted by Crippen LogP contribution is 2.26. The first-order valence-corrected chi connectivity index (χ1v) is 6.48. The number of methoxy groups -OCH3 is 1. The second-order valence-electron chi connectivity index (χ2n) is 4.51. The molecule has 0 fully saturated rings. The molecule has 0 radical (unpaired) electrons. The number of nitrogens with zero attached hydrogens (tertiary/aromatic N) is 3. The molecule has 7 nitrogen and oxygen atoms in total. The molecule has 2 aromatic heterocycles. The van der Waals surface area contributed by atoms with Crippen molar-refractivity contribution in [3.63, 3.8) is 0 Å². The number of hydrogen-bond donors (Lipinski definition) is 2. The van der Waals surface area contributed by atoms with Gasteiger partial charge in [0.25, 0.3) is 0 Å². The number of anilines is 1. The predicted octanol–water partition coefficient (Wildman–Crippen LogP) is 1.92. The molecule has 0 spiro atoms. The third kappa shape index (κ3) is 2.92. The Kier molecular flexibility index (Phi) is 3.65. The quantitative estimate of drug-likeness (QED) is 0.743. The Hall–Kier alpha value is -2.67. The monoisotopic (exact) mass is 285 g/mol. The fourth-order valence-corrected chi connectivity index (χ4v) is 1.96. The number of nitrogens with one attached hydrogen (secondary N) is 1. The van der Waals surface area contributed by atoms with Crippen molar-refractivity contribution in [3.05, 3.63) is 36.0 Å². The minimum absolute atomic E-state index is 0.137. The summed E-state index contributed by atoms with van der Waals surface area (Å²) in [5, 5.41) is 7.35. The van der Waals surface area contributed by atoms with E-state index in [1.54, 1.807) is 13.3 Å². The Bertz CT molecular complexity index is 739. The molecule has 7 heteroatoms. The molecule has 0 saturated heterocycles. The van der Waals surface area contributed by atoms with Crippen LogP contribution in [0.1, 0.15) is 5.56 Å². The summed E-state index contributed by atoms with van der Waals surface area (Å²) in [5.74, 6) is 1.20. The van der Waals surface area contributed by atoms with Crippen LogP contribution in [0, 0.1) is 0 Å². The molecule has 0 saturated carbocycles. The number of benzene rings is 1. The summed E-state index contributed by atoms with van der Waals surface area (Å²) in [6, 6.07) is 7.75. The van der Waals surface area contributed by atoms with Gasteiger partial charge in [0.05, 0.1) is 12.8 Å². The van der Waals surface area contributed by atoms with Crippen LogP contribution >= 0.6 is 0 Å². The molecule has 108 valence electrons. The lowest BCUT2D eigenvalue weighted by Crippen LogP contribution is -1.98. The van der Waals surface area contributed by atoms with Crippen LogP contribution in [0.2, 0.25) is 0 Å². The van der Waals surface area contributed by atoms with Crippen LogP contribution in [0.25, 0.3) is 11.0 Å². The summed E-state index contributed by atoms with van der Waals surface area (Å²) in [4.78, 5) is 8.15. The first kappa shape index (κ1) is 13.3. The van der Waals surface area contributed by atoms with Gasteiger partial charge in [-0.05, 0) is 24.1 Å². The van der Waals surface area contributed by atoms with Gasteiger partial charge in [-0.1, -0.05) is 12.1 Å². The highest BCUT2D eigenvalue weighted by atomic mass is 16.5. The topological polar surface area (TPSA) is 98.9 Å². The van der Waals surface area contributed by atoms with Gasteiger partial charge in [-0.25, -0.2) is 0 Å². The lowest BCUT2D eigenvalue weighted by Gasteiger charge is -2.07. The van der Waals surface area contributed by atoms with Crippen molar-refractivity contribution in [2.75, 3.05) is 19.5 Å². The zero-order chi connectivity index (χ0) is 14.7. The molecule has 0 amide bonds. The molecular weight excluding hydrogens is 270 g/mol. The summed E-state index contributed by atoms with van der Waals surface area (Å²) in [6.07, 6.45) is 2.47. The minimum atomic E-state index is 0.137. The lowest BCUT2D eigenvalue weighted by molar-refractivity contribution is 0.202. The normalized spacial score (nSPS) is 10.9. The number of nitrogen functional groups attached to an aromatic ring is 1. The molecular formula is C14H15N5O2. The van der Waals surface area contributed by atoms with Crippen molar-refractivity contribution in [1.29, 1.82) is 0 Å². The SMILES string of the molecule is COCCc1ccc(Oc2nc(N)nc3[nH]ncc23)cc1. The number of fused-ring (bicyclic) bond motifs is 1. The molecule has 0 atom stereocenters. The first-order valence-electron chi connectivity index (χ1n) is 6.48. The van der Waals surface area contributed by atoms with Crippen molar-refractivity contribution in [1.82, 2.24) is 20.2 Å². The number of ether oxygens (including phenoxy) is 2. The third-order valence-electron chi connectivity index (χ3n) is 3.02. The molecule has 2 heterocycles. The average molecular weight is 285 g/mol. The Morgan fingerprint density at radius 3 is 2.76 bits per heavy atom. The fraction of sp³-hybridized carbons (Fsp3) is 0.214. The Morgan fingerprint density at radius 2 is 2.00 bits per heavy atom. The second-order valence-corrected chi connectivity index (χ2v) is 4.51. The maximum absolute atomic E-state index is 5.77. The zero-order valence-corrected chi connectivity index (χ0v) is 11.5. The average Bonchev–Trinajstić information content (AvgIpc) is 2.95. The van der Waals surface area contributed by atoms with E-state index in [4.69, 9.17) is 15.2 Å². The second kappa shape index (κ2) is 5.76. The fourth-order valence-electron chi connectivity index (χ4n) is 1.96. The zero-order valence-electron chi connectivity index (χ0n) is 11.5. The molecule has 0 aliphatic carbocycles. The Labute approximate surface area is 121 Å². The van der Waals surface area contributed by atoms with Crippen LogP contribution in [0.4, 0.5) is 5.95 Å². The van der Waals surface area contributed by atoms with E-state index in [0.29, 0.717) is 29.3 Å². The summed E-state index contributed by atoms with van der Waals surface area (Å²) < 4.78 is 10.8. The van der Waals surface area contributed by atoms with E-state index in [-0.39, 0.29) is 5.95 Å². The Morgan fingerprint density at radius 1 is 1.19 bits per heavy atom. The number of rotatable bonds is 5. The highest BCUT2D eigenvalue weighted by Gasteiger charge is 2.10. The summed E-state index contributed by atoms with van der Waals surface area (Å²) in [5.41, 5.74) is 7.38. The van der Waals surface area contributed by atoms with Gasteiger partial charge in [-0.15, -0.1) is 0 Å². The smallest absolute Gasteiger partial charge is 0.235 e. The molecule has 3 aromatic rings. The van der Waals surface area contributed by atoms with Crippen LogP contribution in [-0.2, 0) is 11.2 Å².